The van der Waals surface area contributed by atoms with Crippen molar-refractivity contribution in [2.45, 2.75) is 19.1 Å². The summed E-state index contributed by atoms with van der Waals surface area (Å²) in [5, 5.41) is 19.0. The third kappa shape index (κ3) is 2.10. The van der Waals surface area contributed by atoms with Gasteiger partial charge in [0.1, 0.15) is 0 Å². The molecular weight excluding hydrogens is 208 g/mol. The molecule has 88 valence electrons. The quantitative estimate of drug-likeness (QED) is 0.758. The minimum Gasteiger partial charge on any atom is -0.490 e. The van der Waals surface area contributed by atoms with Crippen molar-refractivity contribution in [2.75, 3.05) is 24.6 Å². The fourth-order valence-corrected chi connectivity index (χ4v) is 1.83. The monoisotopic (exact) mass is 224 g/mol. The fourth-order valence-electron chi connectivity index (χ4n) is 1.83. The number of β-amino-alcohol motifs (C(OH)–C–C–N with tert-alkyl or cyclic N) is 2. The second-order valence-electron chi connectivity index (χ2n) is 3.80. The largest absolute Gasteiger partial charge is 0.490 e. The Kier molecular flexibility index (Phi) is 3.26. The Morgan fingerprint density at radius 1 is 1.44 bits per heavy atom. The van der Waals surface area contributed by atoms with Crippen molar-refractivity contribution in [1.29, 1.82) is 0 Å². The molecule has 0 saturated carbocycles. The van der Waals surface area contributed by atoms with Crippen molar-refractivity contribution in [1.82, 2.24) is 4.98 Å². The third-order valence-corrected chi connectivity index (χ3v) is 2.61. The smallest absolute Gasteiger partial charge is 0.171 e. The highest BCUT2D eigenvalue weighted by molar-refractivity contribution is 5.53. The zero-order chi connectivity index (χ0) is 11.5. The van der Waals surface area contributed by atoms with Gasteiger partial charge in [-0.25, -0.2) is 4.98 Å². The number of ether oxygens (including phenoxy) is 1. The average molecular weight is 224 g/mol. The minimum absolute atomic E-state index is 0.387. The van der Waals surface area contributed by atoms with Crippen LogP contribution >= 0.6 is 0 Å². The van der Waals surface area contributed by atoms with E-state index in [4.69, 9.17) is 4.74 Å². The van der Waals surface area contributed by atoms with E-state index in [0.29, 0.717) is 31.3 Å². The number of nitrogens with zero attached hydrogens (tertiary/aromatic N) is 2. The van der Waals surface area contributed by atoms with Gasteiger partial charge >= 0.3 is 0 Å². The second-order valence-corrected chi connectivity index (χ2v) is 3.80. The van der Waals surface area contributed by atoms with Crippen LogP contribution in [0.3, 0.4) is 0 Å². The van der Waals surface area contributed by atoms with Crippen molar-refractivity contribution in [2.24, 2.45) is 0 Å². The van der Waals surface area contributed by atoms with Crippen LogP contribution in [0.25, 0.3) is 0 Å². The molecule has 2 N–H and O–H groups in total. The molecule has 1 aromatic rings. The summed E-state index contributed by atoms with van der Waals surface area (Å²) in [7, 11) is 0. The summed E-state index contributed by atoms with van der Waals surface area (Å²) in [6.45, 7) is 3.25. The van der Waals surface area contributed by atoms with Crippen LogP contribution in [0, 0.1) is 0 Å². The highest BCUT2D eigenvalue weighted by Crippen LogP contribution is 2.28. The molecule has 2 heterocycles. The molecule has 0 bridgehead atoms. The highest BCUT2D eigenvalue weighted by atomic mass is 16.5. The molecule has 0 aromatic carbocycles. The summed E-state index contributed by atoms with van der Waals surface area (Å²) < 4.78 is 5.45. The van der Waals surface area contributed by atoms with E-state index < -0.39 is 12.2 Å². The first kappa shape index (κ1) is 11.2. The molecule has 0 aliphatic carbocycles. The molecule has 2 atom stereocenters. The number of aromatic nitrogens is 1. The summed E-state index contributed by atoms with van der Waals surface area (Å²) in [5.41, 5.74) is 0. The van der Waals surface area contributed by atoms with Crippen molar-refractivity contribution < 1.29 is 14.9 Å². The number of hydrogen-bond donors (Lipinski definition) is 2. The molecular formula is C11H16N2O3. The van der Waals surface area contributed by atoms with E-state index in [1.54, 1.807) is 12.3 Å². The molecule has 2 unspecified atom stereocenters. The van der Waals surface area contributed by atoms with Crippen LogP contribution in [0.2, 0.25) is 0 Å². The Balaban J connectivity index is 2.20. The topological polar surface area (TPSA) is 65.8 Å². The summed E-state index contributed by atoms with van der Waals surface area (Å²) >= 11 is 0. The maximum atomic E-state index is 9.49. The predicted octanol–water partition coefficient (Wildman–Crippen LogP) is 0.0221. The van der Waals surface area contributed by atoms with Crippen LogP contribution in [-0.2, 0) is 0 Å². The molecule has 2 rings (SSSR count). The van der Waals surface area contributed by atoms with Crippen LogP contribution in [0.1, 0.15) is 6.92 Å². The third-order valence-electron chi connectivity index (χ3n) is 2.61. The van der Waals surface area contributed by atoms with Crippen LogP contribution in [0.15, 0.2) is 18.3 Å². The summed E-state index contributed by atoms with van der Waals surface area (Å²) in [6, 6.07) is 3.64. The average Bonchev–Trinajstić information content (AvgIpc) is 2.60. The van der Waals surface area contributed by atoms with Crippen LogP contribution in [-0.4, -0.2) is 47.1 Å². The Bertz CT molecular complexity index is 349. The standard InChI is InChI=1S/C11H16N2O3/c1-2-16-10-4-3-5-12-11(10)13-6-8(14)9(15)7-13/h3-5,8-9,14-15H,2,6-7H2,1H3. The first-order valence-corrected chi connectivity index (χ1v) is 5.41. The summed E-state index contributed by atoms with van der Waals surface area (Å²) in [4.78, 5) is 6.06. The minimum atomic E-state index is -0.712. The molecule has 5 heteroatoms. The number of aliphatic hydroxyl groups excluding tert-OH is 2. The fraction of sp³-hybridized carbons (Fsp3) is 0.545. The number of rotatable bonds is 3. The van der Waals surface area contributed by atoms with Gasteiger partial charge in [-0.1, -0.05) is 0 Å². The van der Waals surface area contributed by atoms with Crippen molar-refractivity contribution in [3.63, 3.8) is 0 Å². The summed E-state index contributed by atoms with van der Waals surface area (Å²) in [6.07, 6.45) is 0.252. The van der Waals surface area contributed by atoms with Gasteiger partial charge in [0.25, 0.3) is 0 Å². The predicted molar refractivity (Wildman–Crippen MR) is 59.6 cm³/mol. The van der Waals surface area contributed by atoms with Crippen molar-refractivity contribution >= 4 is 5.82 Å². The van der Waals surface area contributed by atoms with Crippen molar-refractivity contribution in [3.05, 3.63) is 18.3 Å². The number of anilines is 1. The highest BCUT2D eigenvalue weighted by Gasteiger charge is 2.31. The van der Waals surface area contributed by atoms with Gasteiger partial charge in [-0.3, -0.25) is 0 Å². The molecule has 1 aliphatic rings. The molecule has 1 fully saturated rings. The first-order valence-electron chi connectivity index (χ1n) is 5.41. The molecule has 0 radical (unpaired) electrons. The van der Waals surface area contributed by atoms with E-state index in [9.17, 15) is 10.2 Å². The molecule has 0 spiro atoms. The van der Waals surface area contributed by atoms with Gasteiger partial charge in [-0.2, -0.15) is 0 Å². The zero-order valence-corrected chi connectivity index (χ0v) is 9.21. The van der Waals surface area contributed by atoms with E-state index in [-0.39, 0.29) is 0 Å². The van der Waals surface area contributed by atoms with Crippen LogP contribution in [0.5, 0.6) is 5.75 Å². The Hall–Kier alpha value is -1.33. The van der Waals surface area contributed by atoms with E-state index in [1.165, 1.54) is 0 Å². The Morgan fingerprint density at radius 2 is 2.12 bits per heavy atom. The molecule has 0 amide bonds. The lowest BCUT2D eigenvalue weighted by atomic mass is 10.3. The lowest BCUT2D eigenvalue weighted by Crippen LogP contribution is -2.22. The first-order chi connectivity index (χ1) is 7.72. The number of aliphatic hydroxyl groups is 2. The SMILES string of the molecule is CCOc1cccnc1N1CC(O)C(O)C1. The van der Waals surface area contributed by atoms with E-state index >= 15 is 0 Å². The van der Waals surface area contributed by atoms with E-state index in [1.807, 2.05) is 17.9 Å². The zero-order valence-electron chi connectivity index (χ0n) is 9.21. The van der Waals surface area contributed by atoms with Gasteiger partial charge in [0.05, 0.1) is 18.8 Å². The lowest BCUT2D eigenvalue weighted by Gasteiger charge is -2.19. The van der Waals surface area contributed by atoms with Gasteiger partial charge in [0.2, 0.25) is 0 Å². The van der Waals surface area contributed by atoms with Gasteiger partial charge < -0.3 is 19.8 Å². The second kappa shape index (κ2) is 4.67. The maximum Gasteiger partial charge on any atom is 0.171 e. The van der Waals surface area contributed by atoms with Crippen LogP contribution < -0.4 is 9.64 Å². The number of pyridine rings is 1. The van der Waals surface area contributed by atoms with Gasteiger partial charge in [0.15, 0.2) is 11.6 Å². The molecule has 1 aliphatic heterocycles. The molecule has 1 saturated heterocycles. The Morgan fingerprint density at radius 3 is 2.75 bits per heavy atom. The normalized spacial score (nSPS) is 24.8. The molecule has 16 heavy (non-hydrogen) atoms. The Labute approximate surface area is 94.3 Å². The van der Waals surface area contributed by atoms with Gasteiger partial charge in [-0.15, -0.1) is 0 Å². The van der Waals surface area contributed by atoms with Gasteiger partial charge in [0, 0.05) is 19.3 Å². The van der Waals surface area contributed by atoms with Crippen molar-refractivity contribution in [3.8, 4) is 5.75 Å². The van der Waals surface area contributed by atoms with Gasteiger partial charge in [-0.05, 0) is 19.1 Å². The number of hydrogen-bond acceptors (Lipinski definition) is 5. The van der Waals surface area contributed by atoms with E-state index in [2.05, 4.69) is 4.98 Å². The molecule has 5 nitrogen and oxygen atoms in total. The molecule has 1 aromatic heterocycles. The van der Waals surface area contributed by atoms with E-state index in [0.717, 1.165) is 0 Å². The van der Waals surface area contributed by atoms with Crippen LogP contribution in [0.4, 0.5) is 5.82 Å². The lowest BCUT2D eigenvalue weighted by molar-refractivity contribution is 0.0572. The summed E-state index contributed by atoms with van der Waals surface area (Å²) in [5.74, 6) is 1.37. The maximum absolute atomic E-state index is 9.49.